The van der Waals surface area contributed by atoms with E-state index in [2.05, 4.69) is 5.32 Å². The van der Waals surface area contributed by atoms with Crippen LogP contribution in [0.15, 0.2) is 60.7 Å². The molecule has 1 atom stereocenters. The number of hydrogen-bond donors (Lipinski definition) is 4. The van der Waals surface area contributed by atoms with E-state index in [1.165, 1.54) is 24.7 Å². The van der Waals surface area contributed by atoms with Crippen molar-refractivity contribution in [2.24, 2.45) is 0 Å². The smallest absolute Gasteiger partial charge is 0.412 e. The molecule has 2 rings (SSSR count). The van der Waals surface area contributed by atoms with Crippen LogP contribution in [0.5, 0.6) is 11.5 Å². The first-order valence-corrected chi connectivity index (χ1v) is 9.03. The molecular weight excluding hydrogens is 376 g/mol. The molecule has 154 valence electrons. The number of para-hydroxylation sites is 1. The maximum atomic E-state index is 12.3. The number of aromatic hydroxyl groups is 1. The molecule has 0 spiro atoms. The fourth-order valence-corrected chi connectivity index (χ4v) is 2.65. The summed E-state index contributed by atoms with van der Waals surface area (Å²) in [4.78, 5) is 23.3. The molecule has 0 saturated heterocycles. The summed E-state index contributed by atoms with van der Waals surface area (Å²) in [6.45, 7) is 0. The number of anilines is 1. The lowest BCUT2D eigenvalue weighted by Crippen LogP contribution is -2.17. The van der Waals surface area contributed by atoms with E-state index in [1.54, 1.807) is 42.5 Å². The van der Waals surface area contributed by atoms with Gasteiger partial charge in [-0.05, 0) is 49.1 Å². The SMILES string of the molecule is COc1ccc([C@H](CCC/C=C/C(=O)NO)OC(=O)Nc2ccccc2)cc1O. The van der Waals surface area contributed by atoms with Crippen LogP contribution in [0.4, 0.5) is 10.5 Å². The Balaban J connectivity index is 2.05. The van der Waals surface area contributed by atoms with Crippen LogP contribution < -0.4 is 15.5 Å². The Kier molecular flexibility index (Phi) is 8.52. The molecule has 0 aromatic heterocycles. The summed E-state index contributed by atoms with van der Waals surface area (Å²) in [5.41, 5.74) is 2.73. The van der Waals surface area contributed by atoms with Gasteiger partial charge in [-0.15, -0.1) is 0 Å². The second-order valence-electron chi connectivity index (χ2n) is 6.13. The van der Waals surface area contributed by atoms with Crippen molar-refractivity contribution in [1.82, 2.24) is 5.48 Å². The normalized spacial score (nSPS) is 11.7. The Hall–Kier alpha value is -3.52. The van der Waals surface area contributed by atoms with Gasteiger partial charge >= 0.3 is 6.09 Å². The van der Waals surface area contributed by atoms with E-state index in [4.69, 9.17) is 14.7 Å². The molecule has 2 amide bonds. The molecule has 0 saturated carbocycles. The summed E-state index contributed by atoms with van der Waals surface area (Å²) in [5, 5.41) is 21.2. The van der Waals surface area contributed by atoms with Crippen LogP contribution in [0.1, 0.15) is 30.9 Å². The van der Waals surface area contributed by atoms with Crippen molar-refractivity contribution in [2.45, 2.75) is 25.4 Å². The lowest BCUT2D eigenvalue weighted by molar-refractivity contribution is -0.124. The van der Waals surface area contributed by atoms with Gasteiger partial charge in [-0.1, -0.05) is 30.3 Å². The molecule has 0 radical (unpaired) electrons. The highest BCUT2D eigenvalue weighted by molar-refractivity contribution is 5.86. The van der Waals surface area contributed by atoms with Gasteiger partial charge in [0.1, 0.15) is 6.10 Å². The Morgan fingerprint density at radius 1 is 1.17 bits per heavy atom. The molecule has 8 nitrogen and oxygen atoms in total. The van der Waals surface area contributed by atoms with Gasteiger partial charge in [0.15, 0.2) is 11.5 Å². The van der Waals surface area contributed by atoms with Crippen LogP contribution >= 0.6 is 0 Å². The summed E-state index contributed by atoms with van der Waals surface area (Å²) >= 11 is 0. The lowest BCUT2D eigenvalue weighted by atomic mass is 10.0. The lowest BCUT2D eigenvalue weighted by Gasteiger charge is -2.19. The molecular formula is C21H24N2O6. The minimum atomic E-state index is -0.619. The summed E-state index contributed by atoms with van der Waals surface area (Å²) in [6.07, 6.45) is 3.19. The highest BCUT2D eigenvalue weighted by Gasteiger charge is 2.18. The van der Waals surface area contributed by atoms with Crippen LogP contribution in [-0.2, 0) is 9.53 Å². The number of allylic oxidation sites excluding steroid dienone is 1. The van der Waals surface area contributed by atoms with Crippen LogP contribution in [0.2, 0.25) is 0 Å². The number of rotatable bonds is 9. The minimum Gasteiger partial charge on any atom is -0.504 e. The molecule has 8 heteroatoms. The van der Waals surface area contributed by atoms with Gasteiger partial charge < -0.3 is 14.6 Å². The first-order chi connectivity index (χ1) is 14.0. The van der Waals surface area contributed by atoms with Crippen molar-refractivity contribution < 1.29 is 29.4 Å². The first kappa shape index (κ1) is 21.8. The molecule has 2 aromatic rings. The van der Waals surface area contributed by atoms with Crippen molar-refractivity contribution in [1.29, 1.82) is 0 Å². The third kappa shape index (κ3) is 7.19. The summed E-state index contributed by atoms with van der Waals surface area (Å²) in [5.74, 6) is -0.346. The number of phenols is 1. The Morgan fingerprint density at radius 3 is 2.59 bits per heavy atom. The van der Waals surface area contributed by atoms with E-state index >= 15 is 0 Å². The van der Waals surface area contributed by atoms with E-state index in [1.807, 2.05) is 6.07 Å². The fourth-order valence-electron chi connectivity index (χ4n) is 2.65. The number of hydroxylamine groups is 1. The Labute approximate surface area is 168 Å². The number of benzene rings is 2. The number of phenolic OH excluding ortho intramolecular Hbond substituents is 1. The predicted molar refractivity (Wildman–Crippen MR) is 107 cm³/mol. The topological polar surface area (TPSA) is 117 Å². The molecule has 0 bridgehead atoms. The third-order valence-electron chi connectivity index (χ3n) is 4.06. The summed E-state index contributed by atoms with van der Waals surface area (Å²) in [6, 6.07) is 13.7. The predicted octanol–water partition coefficient (Wildman–Crippen LogP) is 3.92. The maximum absolute atomic E-state index is 12.3. The zero-order valence-electron chi connectivity index (χ0n) is 16.0. The highest BCUT2D eigenvalue weighted by atomic mass is 16.6. The van der Waals surface area contributed by atoms with Crippen molar-refractivity contribution in [3.05, 3.63) is 66.2 Å². The number of unbranched alkanes of at least 4 members (excludes halogenated alkanes) is 1. The maximum Gasteiger partial charge on any atom is 0.412 e. The van der Waals surface area contributed by atoms with Gasteiger partial charge in [0, 0.05) is 11.8 Å². The van der Waals surface area contributed by atoms with Gasteiger partial charge in [-0.2, -0.15) is 0 Å². The third-order valence-corrected chi connectivity index (χ3v) is 4.06. The largest absolute Gasteiger partial charge is 0.504 e. The number of carbonyl (C=O) groups is 2. The second-order valence-corrected chi connectivity index (χ2v) is 6.13. The molecule has 0 unspecified atom stereocenters. The summed E-state index contributed by atoms with van der Waals surface area (Å²) in [7, 11) is 1.45. The summed E-state index contributed by atoms with van der Waals surface area (Å²) < 4.78 is 10.6. The second kappa shape index (κ2) is 11.4. The average molecular weight is 400 g/mol. The Morgan fingerprint density at radius 2 is 1.93 bits per heavy atom. The Bertz CT molecular complexity index is 838. The van der Waals surface area contributed by atoms with Gasteiger partial charge in [-0.25, -0.2) is 10.3 Å². The molecule has 2 aromatic carbocycles. The molecule has 0 aliphatic rings. The van der Waals surface area contributed by atoms with Gasteiger partial charge in [0.25, 0.3) is 5.91 Å². The minimum absolute atomic E-state index is 0.0541. The number of ether oxygens (including phenoxy) is 2. The van der Waals surface area contributed by atoms with Gasteiger partial charge in [-0.3, -0.25) is 15.3 Å². The zero-order valence-corrected chi connectivity index (χ0v) is 16.0. The van der Waals surface area contributed by atoms with Crippen molar-refractivity contribution >= 4 is 17.7 Å². The molecule has 0 fully saturated rings. The van der Waals surface area contributed by atoms with Crippen molar-refractivity contribution in [3.8, 4) is 11.5 Å². The number of nitrogens with one attached hydrogen (secondary N) is 2. The molecule has 0 heterocycles. The van der Waals surface area contributed by atoms with Crippen LogP contribution in [0, 0.1) is 0 Å². The fraction of sp³-hybridized carbons (Fsp3) is 0.238. The van der Waals surface area contributed by atoms with Crippen molar-refractivity contribution in [3.63, 3.8) is 0 Å². The van der Waals surface area contributed by atoms with E-state index in [0.29, 0.717) is 36.3 Å². The first-order valence-electron chi connectivity index (χ1n) is 9.03. The van der Waals surface area contributed by atoms with Crippen LogP contribution in [-0.4, -0.2) is 29.4 Å². The quantitative estimate of drug-likeness (QED) is 0.219. The van der Waals surface area contributed by atoms with Gasteiger partial charge in [0.2, 0.25) is 0 Å². The van der Waals surface area contributed by atoms with Gasteiger partial charge in [0.05, 0.1) is 7.11 Å². The van der Waals surface area contributed by atoms with E-state index < -0.39 is 18.1 Å². The number of carbonyl (C=O) groups excluding carboxylic acids is 2. The molecule has 0 aliphatic carbocycles. The van der Waals surface area contributed by atoms with E-state index in [9.17, 15) is 14.7 Å². The molecule has 4 N–H and O–H groups in total. The number of methoxy groups -OCH3 is 1. The molecule has 0 aliphatic heterocycles. The standard InChI is InChI=1S/C21H24N2O6/c1-28-19-13-12-15(14-17(19)24)18(10-6-3-7-11-20(25)23-27)29-21(26)22-16-8-4-2-5-9-16/h2,4-5,7-9,11-14,18,24,27H,3,6,10H2,1H3,(H,22,26)(H,23,25)/b11-7+/t18-/m0/s1. The highest BCUT2D eigenvalue weighted by Crippen LogP contribution is 2.32. The number of hydrogen-bond acceptors (Lipinski definition) is 6. The average Bonchev–Trinajstić information content (AvgIpc) is 2.73. The molecule has 29 heavy (non-hydrogen) atoms. The van der Waals surface area contributed by atoms with E-state index in [-0.39, 0.29) is 5.75 Å². The van der Waals surface area contributed by atoms with Crippen LogP contribution in [0.25, 0.3) is 0 Å². The van der Waals surface area contributed by atoms with E-state index in [0.717, 1.165) is 0 Å². The van der Waals surface area contributed by atoms with Crippen LogP contribution in [0.3, 0.4) is 0 Å². The number of amides is 2. The van der Waals surface area contributed by atoms with Crippen molar-refractivity contribution in [2.75, 3.05) is 12.4 Å². The monoisotopic (exact) mass is 400 g/mol. The zero-order chi connectivity index (χ0) is 21.1.